The van der Waals surface area contributed by atoms with E-state index in [2.05, 4.69) is 10.5 Å². The molecule has 0 unspecified atom stereocenters. The molecular formula is C22H19Cl2N3O4S. The number of carbonyl (C=O) groups excluding carboxylic acids is 1. The fraction of sp³-hybridized carbons (Fsp3) is 0.0909. The van der Waals surface area contributed by atoms with Crippen LogP contribution in [-0.2, 0) is 14.8 Å². The van der Waals surface area contributed by atoms with Gasteiger partial charge in [0, 0.05) is 5.02 Å². The Kier molecular flexibility index (Phi) is 7.74. The summed E-state index contributed by atoms with van der Waals surface area (Å²) in [5, 5.41) is 4.32. The molecule has 3 aromatic rings. The highest BCUT2D eigenvalue weighted by atomic mass is 35.5. The van der Waals surface area contributed by atoms with Gasteiger partial charge in [0.1, 0.15) is 12.3 Å². The smallest absolute Gasteiger partial charge is 0.264 e. The van der Waals surface area contributed by atoms with Gasteiger partial charge in [-0.1, -0.05) is 41.4 Å². The second-order valence-corrected chi connectivity index (χ2v) is 9.19. The molecule has 0 atom stereocenters. The molecule has 32 heavy (non-hydrogen) atoms. The molecule has 3 rings (SSSR count). The summed E-state index contributed by atoms with van der Waals surface area (Å²) in [5.41, 5.74) is 3.18. The van der Waals surface area contributed by atoms with Gasteiger partial charge in [-0.25, -0.2) is 13.8 Å². The lowest BCUT2D eigenvalue weighted by Gasteiger charge is -2.24. The van der Waals surface area contributed by atoms with Gasteiger partial charge in [0.2, 0.25) is 0 Å². The molecule has 0 heterocycles. The summed E-state index contributed by atoms with van der Waals surface area (Å²) in [6.07, 6.45) is 1.43. The number of benzene rings is 3. The standard InChI is InChI=1S/C22H19Cl2N3O4S/c1-31-18-10-7-16(8-11-18)14-25-26-22(28)15-27(21-12-9-17(23)13-20(21)24)32(29,30)19-5-3-2-4-6-19/h2-14H,15H2,1H3,(H,26,28)/b25-14-. The molecule has 1 amide bonds. The normalized spacial score (nSPS) is 11.3. The Bertz CT molecular complexity index is 1220. The zero-order valence-electron chi connectivity index (χ0n) is 16.9. The number of hydrogen-bond donors (Lipinski definition) is 1. The largest absolute Gasteiger partial charge is 0.497 e. The van der Waals surface area contributed by atoms with Crippen LogP contribution in [0.4, 0.5) is 5.69 Å². The minimum absolute atomic E-state index is 0.0144. The first-order valence-corrected chi connectivity index (χ1v) is 11.5. The summed E-state index contributed by atoms with van der Waals surface area (Å²) in [7, 11) is -2.53. The van der Waals surface area contributed by atoms with E-state index in [-0.39, 0.29) is 15.6 Å². The minimum atomic E-state index is -4.09. The van der Waals surface area contributed by atoms with Gasteiger partial charge >= 0.3 is 0 Å². The fourth-order valence-corrected chi connectivity index (χ4v) is 4.76. The van der Waals surface area contributed by atoms with E-state index in [0.29, 0.717) is 10.8 Å². The van der Waals surface area contributed by atoms with Gasteiger partial charge in [-0.05, 0) is 60.2 Å². The zero-order valence-corrected chi connectivity index (χ0v) is 19.2. The summed E-state index contributed by atoms with van der Waals surface area (Å²) in [6, 6.07) is 19.1. The molecule has 0 bridgehead atoms. The molecule has 1 N–H and O–H groups in total. The Balaban J connectivity index is 1.83. The highest BCUT2D eigenvalue weighted by Crippen LogP contribution is 2.32. The number of hydrogen-bond acceptors (Lipinski definition) is 5. The maximum absolute atomic E-state index is 13.3. The van der Waals surface area contributed by atoms with E-state index in [9.17, 15) is 13.2 Å². The van der Waals surface area contributed by atoms with Crippen molar-refractivity contribution in [2.45, 2.75) is 4.90 Å². The molecule has 0 radical (unpaired) electrons. The number of nitrogens with one attached hydrogen (secondary N) is 1. The Morgan fingerprint density at radius 3 is 2.38 bits per heavy atom. The third-order valence-corrected chi connectivity index (χ3v) is 6.63. The molecule has 0 saturated heterocycles. The Morgan fingerprint density at radius 1 is 1.06 bits per heavy atom. The van der Waals surface area contributed by atoms with Gasteiger partial charge in [-0.3, -0.25) is 9.10 Å². The molecule has 0 aliphatic heterocycles. The average molecular weight is 492 g/mol. The van der Waals surface area contributed by atoms with Gasteiger partial charge in [0.25, 0.3) is 15.9 Å². The third kappa shape index (κ3) is 5.79. The number of sulfonamides is 1. The van der Waals surface area contributed by atoms with Gasteiger partial charge in [-0.15, -0.1) is 0 Å². The molecule has 0 aromatic heterocycles. The second-order valence-electron chi connectivity index (χ2n) is 6.49. The van der Waals surface area contributed by atoms with Crippen molar-refractivity contribution >= 4 is 51.0 Å². The number of hydrazone groups is 1. The van der Waals surface area contributed by atoms with Gasteiger partial charge in [0.05, 0.1) is 28.9 Å². The van der Waals surface area contributed by atoms with Crippen molar-refractivity contribution in [3.63, 3.8) is 0 Å². The summed E-state index contributed by atoms with van der Waals surface area (Å²) in [5.74, 6) is 0.0353. The highest BCUT2D eigenvalue weighted by molar-refractivity contribution is 7.92. The van der Waals surface area contributed by atoms with Crippen LogP contribution in [0.3, 0.4) is 0 Å². The summed E-state index contributed by atoms with van der Waals surface area (Å²) in [4.78, 5) is 12.6. The van der Waals surface area contributed by atoms with Crippen molar-refractivity contribution in [2.75, 3.05) is 18.0 Å². The van der Waals surface area contributed by atoms with Crippen LogP contribution in [0.2, 0.25) is 10.0 Å². The number of amides is 1. The van der Waals surface area contributed by atoms with Gasteiger partial charge < -0.3 is 4.74 Å². The van der Waals surface area contributed by atoms with E-state index in [0.717, 1.165) is 9.87 Å². The van der Waals surface area contributed by atoms with Crippen LogP contribution in [-0.4, -0.2) is 34.2 Å². The monoisotopic (exact) mass is 491 g/mol. The third-order valence-electron chi connectivity index (χ3n) is 4.32. The highest BCUT2D eigenvalue weighted by Gasteiger charge is 2.28. The van der Waals surface area contributed by atoms with E-state index >= 15 is 0 Å². The van der Waals surface area contributed by atoms with Crippen molar-refractivity contribution < 1.29 is 17.9 Å². The number of ether oxygens (including phenoxy) is 1. The van der Waals surface area contributed by atoms with Gasteiger partial charge in [-0.2, -0.15) is 5.10 Å². The Hall–Kier alpha value is -3.07. The number of halogens is 2. The molecule has 0 spiro atoms. The predicted octanol–water partition coefficient (Wildman–Crippen LogP) is 4.35. The second kappa shape index (κ2) is 10.5. The lowest BCUT2D eigenvalue weighted by Crippen LogP contribution is -2.39. The zero-order chi connectivity index (χ0) is 23.1. The molecule has 3 aromatic carbocycles. The van der Waals surface area contributed by atoms with E-state index < -0.39 is 22.5 Å². The number of rotatable bonds is 8. The van der Waals surface area contributed by atoms with E-state index in [1.54, 1.807) is 49.6 Å². The quantitative estimate of drug-likeness (QED) is 0.374. The van der Waals surface area contributed by atoms with E-state index in [1.165, 1.54) is 36.5 Å². The van der Waals surface area contributed by atoms with Crippen molar-refractivity contribution in [1.29, 1.82) is 0 Å². The van der Waals surface area contributed by atoms with Gasteiger partial charge in [0.15, 0.2) is 0 Å². The summed E-state index contributed by atoms with van der Waals surface area (Å²) < 4.78 is 32.5. The predicted molar refractivity (Wildman–Crippen MR) is 126 cm³/mol. The van der Waals surface area contributed by atoms with Crippen molar-refractivity contribution in [3.8, 4) is 5.75 Å². The first kappa shape index (κ1) is 23.6. The van der Waals surface area contributed by atoms with Crippen LogP contribution >= 0.6 is 23.2 Å². The Labute approximate surface area is 196 Å². The van der Waals surface area contributed by atoms with Crippen molar-refractivity contribution in [1.82, 2.24) is 5.43 Å². The van der Waals surface area contributed by atoms with Crippen LogP contribution in [0, 0.1) is 0 Å². The molecule has 0 saturated carbocycles. The lowest BCUT2D eigenvalue weighted by molar-refractivity contribution is -0.119. The Morgan fingerprint density at radius 2 is 1.75 bits per heavy atom. The minimum Gasteiger partial charge on any atom is -0.497 e. The van der Waals surface area contributed by atoms with E-state index in [1.807, 2.05) is 0 Å². The molecule has 0 fully saturated rings. The number of methoxy groups -OCH3 is 1. The van der Waals surface area contributed by atoms with Crippen LogP contribution in [0.15, 0.2) is 82.8 Å². The molecule has 0 aliphatic rings. The van der Waals surface area contributed by atoms with Crippen LogP contribution in [0.5, 0.6) is 5.75 Å². The van der Waals surface area contributed by atoms with Crippen molar-refractivity contribution in [2.24, 2.45) is 5.10 Å². The van der Waals surface area contributed by atoms with Crippen LogP contribution in [0.1, 0.15) is 5.56 Å². The lowest BCUT2D eigenvalue weighted by atomic mass is 10.2. The first-order valence-electron chi connectivity index (χ1n) is 9.30. The SMILES string of the molecule is COc1ccc(/C=N\NC(=O)CN(c2ccc(Cl)cc2Cl)S(=O)(=O)c2ccccc2)cc1. The maximum Gasteiger partial charge on any atom is 0.264 e. The van der Waals surface area contributed by atoms with Crippen molar-refractivity contribution in [3.05, 3.63) is 88.4 Å². The molecular weight excluding hydrogens is 473 g/mol. The van der Waals surface area contributed by atoms with E-state index in [4.69, 9.17) is 27.9 Å². The summed E-state index contributed by atoms with van der Waals surface area (Å²) >= 11 is 12.2. The van der Waals surface area contributed by atoms with Crippen LogP contribution in [0.25, 0.3) is 0 Å². The first-order chi connectivity index (χ1) is 15.3. The fourth-order valence-electron chi connectivity index (χ4n) is 2.74. The molecule has 7 nitrogen and oxygen atoms in total. The topological polar surface area (TPSA) is 88.1 Å². The number of carbonyl (C=O) groups is 1. The number of nitrogens with zero attached hydrogens (tertiary/aromatic N) is 2. The maximum atomic E-state index is 13.3. The average Bonchev–Trinajstić information content (AvgIpc) is 2.79. The van der Waals surface area contributed by atoms with Crippen LogP contribution < -0.4 is 14.5 Å². The molecule has 0 aliphatic carbocycles. The molecule has 10 heteroatoms. The number of anilines is 1. The molecule has 166 valence electrons. The summed E-state index contributed by atoms with van der Waals surface area (Å²) in [6.45, 7) is -0.543.